The first-order chi connectivity index (χ1) is 12.8. The van der Waals surface area contributed by atoms with Crippen LogP contribution < -0.4 is 5.32 Å². The van der Waals surface area contributed by atoms with E-state index >= 15 is 0 Å². The van der Waals surface area contributed by atoms with Crippen LogP contribution in [-0.2, 0) is 4.79 Å². The van der Waals surface area contributed by atoms with Crippen molar-refractivity contribution in [2.45, 2.75) is 39.7 Å². The van der Waals surface area contributed by atoms with Crippen molar-refractivity contribution in [1.82, 2.24) is 20.2 Å². The molecule has 2 aromatic rings. The quantitative estimate of drug-likeness (QED) is 0.906. The minimum absolute atomic E-state index is 0.0338. The Balaban J connectivity index is 1.57. The lowest BCUT2D eigenvalue weighted by Crippen LogP contribution is -2.49. The van der Waals surface area contributed by atoms with Gasteiger partial charge in [0.1, 0.15) is 6.33 Å². The third-order valence-electron chi connectivity index (χ3n) is 4.82. The summed E-state index contributed by atoms with van der Waals surface area (Å²) in [6.07, 6.45) is 6.57. The van der Waals surface area contributed by atoms with Gasteiger partial charge in [0.15, 0.2) is 0 Å². The van der Waals surface area contributed by atoms with E-state index in [-0.39, 0.29) is 17.9 Å². The number of amides is 2. The smallest absolute Gasteiger partial charge is 0.253 e. The molecule has 1 aromatic carbocycles. The van der Waals surface area contributed by atoms with Gasteiger partial charge in [-0.1, -0.05) is 32.9 Å². The number of hydrogen-bond acceptors (Lipinski definition) is 4. The fourth-order valence-corrected chi connectivity index (χ4v) is 3.06. The highest BCUT2D eigenvalue weighted by Gasteiger charge is 2.28. The first-order valence-corrected chi connectivity index (χ1v) is 9.30. The molecule has 1 fully saturated rings. The van der Waals surface area contributed by atoms with Crippen molar-refractivity contribution in [2.24, 2.45) is 5.41 Å². The molecule has 6 nitrogen and oxygen atoms in total. The highest BCUT2D eigenvalue weighted by atomic mass is 16.2. The van der Waals surface area contributed by atoms with Gasteiger partial charge in [-0.15, -0.1) is 0 Å². The molecule has 1 aromatic heterocycles. The molecule has 1 aliphatic rings. The van der Waals surface area contributed by atoms with Gasteiger partial charge in [-0.05, 0) is 30.5 Å². The van der Waals surface area contributed by atoms with Crippen molar-refractivity contribution in [3.8, 4) is 11.1 Å². The predicted octanol–water partition coefficient (Wildman–Crippen LogP) is 2.91. The van der Waals surface area contributed by atoms with E-state index in [2.05, 4.69) is 15.3 Å². The van der Waals surface area contributed by atoms with Crippen molar-refractivity contribution in [3.05, 3.63) is 48.5 Å². The van der Waals surface area contributed by atoms with Gasteiger partial charge in [0.05, 0.1) is 0 Å². The van der Waals surface area contributed by atoms with Gasteiger partial charge in [-0.3, -0.25) is 9.59 Å². The molecule has 3 rings (SSSR count). The Hall–Kier alpha value is -2.76. The molecule has 0 saturated carbocycles. The Labute approximate surface area is 160 Å². The van der Waals surface area contributed by atoms with Gasteiger partial charge < -0.3 is 10.2 Å². The number of likely N-dealkylation sites (tertiary alicyclic amines) is 1. The normalized spacial score (nSPS) is 15.4. The predicted molar refractivity (Wildman–Crippen MR) is 104 cm³/mol. The van der Waals surface area contributed by atoms with Gasteiger partial charge in [-0.25, -0.2) is 9.97 Å². The molecule has 0 atom stereocenters. The van der Waals surface area contributed by atoms with E-state index in [0.29, 0.717) is 18.7 Å². The number of hydrogen-bond donors (Lipinski definition) is 1. The standard InChI is InChI=1S/C21H26N4O2/c1-21(2,3)20(27)24-18-8-10-25(11-9-18)19(26)16-6-4-15(5-7-16)17-12-22-14-23-13-17/h4-7,12-14,18H,8-11H2,1-3H3,(H,24,27). The molecule has 0 spiro atoms. The molecule has 1 N–H and O–H groups in total. The Kier molecular flexibility index (Phi) is 5.54. The van der Waals surface area contributed by atoms with Gasteiger partial charge in [0.2, 0.25) is 5.91 Å². The van der Waals surface area contributed by atoms with Crippen LogP contribution in [0.5, 0.6) is 0 Å². The zero-order valence-electron chi connectivity index (χ0n) is 16.1. The van der Waals surface area contributed by atoms with Crippen LogP contribution >= 0.6 is 0 Å². The van der Waals surface area contributed by atoms with E-state index in [4.69, 9.17) is 0 Å². The first kappa shape index (κ1) is 19.0. The number of benzene rings is 1. The highest BCUT2D eigenvalue weighted by molar-refractivity contribution is 5.94. The Morgan fingerprint density at radius 1 is 1.00 bits per heavy atom. The fraction of sp³-hybridized carbons (Fsp3) is 0.429. The molecule has 0 aliphatic carbocycles. The third-order valence-corrected chi connectivity index (χ3v) is 4.82. The third kappa shape index (κ3) is 4.70. The molecule has 0 radical (unpaired) electrons. The molecule has 2 heterocycles. The Bertz CT molecular complexity index is 789. The zero-order chi connectivity index (χ0) is 19.4. The molecule has 2 amide bonds. The molecule has 0 bridgehead atoms. The highest BCUT2D eigenvalue weighted by Crippen LogP contribution is 2.20. The molecule has 1 aliphatic heterocycles. The molecule has 6 heteroatoms. The van der Waals surface area contributed by atoms with Gasteiger partial charge >= 0.3 is 0 Å². The Morgan fingerprint density at radius 3 is 2.15 bits per heavy atom. The van der Waals surface area contributed by atoms with E-state index in [0.717, 1.165) is 24.0 Å². The first-order valence-electron chi connectivity index (χ1n) is 9.30. The molecule has 0 unspecified atom stereocenters. The van der Waals surface area contributed by atoms with Crippen LogP contribution in [-0.4, -0.2) is 45.8 Å². The minimum atomic E-state index is -0.390. The van der Waals surface area contributed by atoms with E-state index in [1.807, 2.05) is 49.9 Å². The monoisotopic (exact) mass is 366 g/mol. The maximum atomic E-state index is 12.7. The largest absolute Gasteiger partial charge is 0.353 e. The summed E-state index contributed by atoms with van der Waals surface area (Å²) in [4.78, 5) is 34.8. The van der Waals surface area contributed by atoms with Gasteiger partial charge in [0, 0.05) is 48.1 Å². The molecule has 27 heavy (non-hydrogen) atoms. The molecular weight excluding hydrogens is 340 g/mol. The maximum Gasteiger partial charge on any atom is 0.253 e. The van der Waals surface area contributed by atoms with E-state index in [1.54, 1.807) is 12.4 Å². The summed E-state index contributed by atoms with van der Waals surface area (Å²) in [6, 6.07) is 7.67. The molecule has 142 valence electrons. The van der Waals surface area contributed by atoms with E-state index in [9.17, 15) is 9.59 Å². The summed E-state index contributed by atoms with van der Waals surface area (Å²) in [6.45, 7) is 7.04. The van der Waals surface area contributed by atoms with E-state index in [1.165, 1.54) is 6.33 Å². The van der Waals surface area contributed by atoms with Crippen molar-refractivity contribution in [1.29, 1.82) is 0 Å². The number of carbonyl (C=O) groups is 2. The number of nitrogens with zero attached hydrogens (tertiary/aromatic N) is 3. The topological polar surface area (TPSA) is 75.2 Å². The van der Waals surface area contributed by atoms with Crippen LogP contribution in [0.1, 0.15) is 44.0 Å². The summed E-state index contributed by atoms with van der Waals surface area (Å²) in [5, 5.41) is 3.09. The zero-order valence-corrected chi connectivity index (χ0v) is 16.1. The van der Waals surface area contributed by atoms with Gasteiger partial charge in [0.25, 0.3) is 5.91 Å². The molecular formula is C21H26N4O2. The lowest BCUT2D eigenvalue weighted by atomic mass is 9.94. The van der Waals surface area contributed by atoms with E-state index < -0.39 is 5.41 Å². The second kappa shape index (κ2) is 7.86. The number of piperidine rings is 1. The van der Waals surface area contributed by atoms with Crippen LogP contribution in [0.15, 0.2) is 43.0 Å². The lowest BCUT2D eigenvalue weighted by molar-refractivity contribution is -0.129. The summed E-state index contributed by atoms with van der Waals surface area (Å²) in [7, 11) is 0. The average molecular weight is 366 g/mol. The minimum Gasteiger partial charge on any atom is -0.353 e. The van der Waals surface area contributed by atoms with Crippen LogP contribution in [0.2, 0.25) is 0 Å². The van der Waals surface area contributed by atoms with Crippen molar-refractivity contribution < 1.29 is 9.59 Å². The lowest BCUT2D eigenvalue weighted by Gasteiger charge is -2.33. The number of nitrogens with one attached hydrogen (secondary N) is 1. The van der Waals surface area contributed by atoms with Crippen molar-refractivity contribution in [2.75, 3.05) is 13.1 Å². The number of carbonyl (C=O) groups excluding carboxylic acids is 2. The number of aromatic nitrogens is 2. The van der Waals surface area contributed by atoms with Crippen LogP contribution in [0, 0.1) is 5.41 Å². The summed E-state index contributed by atoms with van der Waals surface area (Å²) in [5.74, 6) is 0.0965. The van der Waals surface area contributed by atoms with Crippen LogP contribution in [0.3, 0.4) is 0 Å². The fourth-order valence-electron chi connectivity index (χ4n) is 3.06. The van der Waals surface area contributed by atoms with Crippen molar-refractivity contribution in [3.63, 3.8) is 0 Å². The van der Waals surface area contributed by atoms with Crippen LogP contribution in [0.4, 0.5) is 0 Å². The van der Waals surface area contributed by atoms with Crippen LogP contribution in [0.25, 0.3) is 11.1 Å². The van der Waals surface area contributed by atoms with Crippen molar-refractivity contribution >= 4 is 11.8 Å². The molecule has 1 saturated heterocycles. The SMILES string of the molecule is CC(C)(C)C(=O)NC1CCN(C(=O)c2ccc(-c3cncnc3)cc2)CC1. The number of rotatable bonds is 3. The van der Waals surface area contributed by atoms with Gasteiger partial charge in [-0.2, -0.15) is 0 Å². The summed E-state index contributed by atoms with van der Waals surface area (Å²) < 4.78 is 0. The Morgan fingerprint density at radius 2 is 1.59 bits per heavy atom. The second-order valence-electron chi connectivity index (χ2n) is 7.99. The maximum absolute atomic E-state index is 12.7. The summed E-state index contributed by atoms with van der Waals surface area (Å²) in [5.41, 5.74) is 2.19. The second-order valence-corrected chi connectivity index (χ2v) is 7.99. The average Bonchev–Trinajstić information content (AvgIpc) is 2.68. The summed E-state index contributed by atoms with van der Waals surface area (Å²) >= 11 is 0.